The van der Waals surface area contributed by atoms with Gasteiger partial charge in [-0.1, -0.05) is 29.8 Å². The van der Waals surface area contributed by atoms with Gasteiger partial charge in [-0.2, -0.15) is 0 Å². The smallest absolute Gasteiger partial charge is 0.129 e. The number of aromatic nitrogens is 1. The lowest BCUT2D eigenvalue weighted by Crippen LogP contribution is -2.25. The molecule has 0 aliphatic carbocycles. The molecule has 0 radical (unpaired) electrons. The van der Waals surface area contributed by atoms with Gasteiger partial charge in [-0.3, -0.25) is 4.90 Å². The van der Waals surface area contributed by atoms with Crippen LogP contribution in [0.4, 0.5) is 0 Å². The molecule has 4 heteroatoms. The molecular weight excluding hydrogens is 260 g/mol. The van der Waals surface area contributed by atoms with Gasteiger partial charge >= 0.3 is 0 Å². The summed E-state index contributed by atoms with van der Waals surface area (Å²) in [5.41, 5.74) is 2.42. The molecule has 98 valence electrons. The number of benzene rings is 1. The number of halogens is 1. The van der Waals surface area contributed by atoms with E-state index in [1.165, 1.54) is 11.1 Å². The predicted molar refractivity (Wildman–Crippen MR) is 75.3 cm³/mol. The third-order valence-corrected chi connectivity index (χ3v) is 3.44. The Morgan fingerprint density at radius 3 is 3.05 bits per heavy atom. The Bertz CT molecular complexity index is 574. The molecule has 1 aromatic carbocycles. The van der Waals surface area contributed by atoms with Crippen molar-refractivity contribution in [3.63, 3.8) is 0 Å². The lowest BCUT2D eigenvalue weighted by atomic mass is 10.2. The van der Waals surface area contributed by atoms with E-state index in [2.05, 4.69) is 22.0 Å². The number of pyridine rings is 1. The summed E-state index contributed by atoms with van der Waals surface area (Å²) < 4.78 is 5.76. The summed E-state index contributed by atoms with van der Waals surface area (Å²) in [6, 6.07) is 12.1. The van der Waals surface area contributed by atoms with Crippen molar-refractivity contribution in [2.24, 2.45) is 0 Å². The Balaban J connectivity index is 1.76. The predicted octanol–water partition coefficient (Wildman–Crippen LogP) is 3.13. The zero-order chi connectivity index (χ0) is 13.1. The molecule has 1 aliphatic rings. The van der Waals surface area contributed by atoms with Gasteiger partial charge in [0, 0.05) is 31.4 Å². The van der Waals surface area contributed by atoms with Crippen LogP contribution in [-0.4, -0.2) is 23.0 Å². The molecule has 0 N–H and O–H groups in total. The molecule has 0 fully saturated rings. The van der Waals surface area contributed by atoms with Gasteiger partial charge in [0.15, 0.2) is 0 Å². The first kappa shape index (κ1) is 12.5. The zero-order valence-corrected chi connectivity index (χ0v) is 11.3. The van der Waals surface area contributed by atoms with Crippen LogP contribution < -0.4 is 4.74 Å². The van der Waals surface area contributed by atoms with Crippen LogP contribution in [0.2, 0.25) is 5.15 Å². The summed E-state index contributed by atoms with van der Waals surface area (Å²) in [5, 5.41) is 0.545. The number of ether oxygens (including phenoxy) is 1. The van der Waals surface area contributed by atoms with Crippen molar-refractivity contribution in [1.82, 2.24) is 9.88 Å². The van der Waals surface area contributed by atoms with Gasteiger partial charge in [0.1, 0.15) is 17.5 Å². The van der Waals surface area contributed by atoms with Gasteiger partial charge in [0.25, 0.3) is 0 Å². The third kappa shape index (κ3) is 3.06. The normalized spacial score (nSPS) is 15.4. The number of fused-ring (bicyclic) bond motifs is 1. The maximum atomic E-state index is 5.92. The van der Waals surface area contributed by atoms with Crippen LogP contribution in [0.3, 0.4) is 0 Å². The van der Waals surface area contributed by atoms with E-state index in [4.69, 9.17) is 16.3 Å². The maximum absolute atomic E-state index is 5.92. The van der Waals surface area contributed by atoms with Gasteiger partial charge in [-0.05, 0) is 23.8 Å². The minimum atomic E-state index is 0.545. The zero-order valence-electron chi connectivity index (χ0n) is 10.6. The highest BCUT2D eigenvalue weighted by Crippen LogP contribution is 2.23. The molecule has 0 spiro atoms. The Morgan fingerprint density at radius 2 is 2.16 bits per heavy atom. The third-order valence-electron chi connectivity index (χ3n) is 3.23. The standard InChI is InChI=1S/C15H15ClN2O/c16-15-9-12(5-6-17-15)10-18-7-8-19-14-4-2-1-3-13(14)11-18/h1-6,9H,7-8,10-11H2. The fourth-order valence-electron chi connectivity index (χ4n) is 2.31. The topological polar surface area (TPSA) is 25.4 Å². The summed E-state index contributed by atoms with van der Waals surface area (Å²) in [7, 11) is 0. The van der Waals surface area contributed by atoms with E-state index >= 15 is 0 Å². The fourth-order valence-corrected chi connectivity index (χ4v) is 2.51. The Kier molecular flexibility index (Phi) is 3.67. The van der Waals surface area contributed by atoms with Gasteiger partial charge < -0.3 is 4.74 Å². The second-order valence-corrected chi connectivity index (χ2v) is 5.04. The lowest BCUT2D eigenvalue weighted by Gasteiger charge is -2.19. The van der Waals surface area contributed by atoms with Crippen molar-refractivity contribution >= 4 is 11.6 Å². The molecule has 0 saturated carbocycles. The van der Waals surface area contributed by atoms with E-state index in [-0.39, 0.29) is 0 Å². The monoisotopic (exact) mass is 274 g/mol. The van der Waals surface area contributed by atoms with E-state index in [0.29, 0.717) is 5.15 Å². The van der Waals surface area contributed by atoms with E-state index in [1.54, 1.807) is 6.20 Å². The number of hydrogen-bond acceptors (Lipinski definition) is 3. The minimum Gasteiger partial charge on any atom is -0.492 e. The number of para-hydroxylation sites is 1. The average molecular weight is 275 g/mol. The highest BCUT2D eigenvalue weighted by atomic mass is 35.5. The summed E-state index contributed by atoms with van der Waals surface area (Å²) in [5.74, 6) is 0.998. The summed E-state index contributed by atoms with van der Waals surface area (Å²) in [6.45, 7) is 3.39. The molecule has 0 atom stereocenters. The van der Waals surface area contributed by atoms with Crippen LogP contribution in [0, 0.1) is 0 Å². The molecule has 0 saturated heterocycles. The van der Waals surface area contributed by atoms with Gasteiger partial charge in [-0.25, -0.2) is 4.98 Å². The Morgan fingerprint density at radius 1 is 1.26 bits per heavy atom. The Labute approximate surface area is 117 Å². The molecule has 3 rings (SSSR count). The SMILES string of the molecule is Clc1cc(CN2CCOc3ccccc3C2)ccn1. The van der Waals surface area contributed by atoms with E-state index < -0.39 is 0 Å². The van der Waals surface area contributed by atoms with Crippen LogP contribution in [0.1, 0.15) is 11.1 Å². The molecule has 3 nitrogen and oxygen atoms in total. The van der Waals surface area contributed by atoms with Gasteiger partial charge in [0.2, 0.25) is 0 Å². The summed E-state index contributed by atoms with van der Waals surface area (Å²) in [4.78, 5) is 6.37. The van der Waals surface area contributed by atoms with E-state index in [0.717, 1.165) is 32.0 Å². The molecule has 2 aromatic rings. The van der Waals surface area contributed by atoms with Crippen LogP contribution in [0.5, 0.6) is 5.75 Å². The highest BCUT2D eigenvalue weighted by molar-refractivity contribution is 6.29. The van der Waals surface area contributed by atoms with Crippen LogP contribution in [0.15, 0.2) is 42.6 Å². The second kappa shape index (κ2) is 5.59. The lowest BCUT2D eigenvalue weighted by molar-refractivity contribution is 0.219. The van der Waals surface area contributed by atoms with Crippen molar-refractivity contribution < 1.29 is 4.74 Å². The van der Waals surface area contributed by atoms with Crippen molar-refractivity contribution in [2.75, 3.05) is 13.2 Å². The van der Waals surface area contributed by atoms with E-state index in [9.17, 15) is 0 Å². The molecule has 0 unspecified atom stereocenters. The molecular formula is C15H15ClN2O. The van der Waals surface area contributed by atoms with Crippen LogP contribution in [-0.2, 0) is 13.1 Å². The first-order valence-electron chi connectivity index (χ1n) is 6.35. The number of nitrogens with zero attached hydrogens (tertiary/aromatic N) is 2. The van der Waals surface area contributed by atoms with Gasteiger partial charge in [-0.15, -0.1) is 0 Å². The summed E-state index contributed by atoms with van der Waals surface area (Å²) in [6.07, 6.45) is 1.75. The first-order valence-corrected chi connectivity index (χ1v) is 6.72. The molecule has 0 bridgehead atoms. The van der Waals surface area contributed by atoms with Crippen LogP contribution >= 0.6 is 11.6 Å². The Hall–Kier alpha value is -1.58. The average Bonchev–Trinajstić information content (AvgIpc) is 2.60. The fraction of sp³-hybridized carbons (Fsp3) is 0.267. The largest absolute Gasteiger partial charge is 0.492 e. The molecule has 2 heterocycles. The molecule has 1 aliphatic heterocycles. The maximum Gasteiger partial charge on any atom is 0.129 e. The van der Waals surface area contributed by atoms with Crippen molar-refractivity contribution in [3.05, 3.63) is 58.9 Å². The van der Waals surface area contributed by atoms with Crippen molar-refractivity contribution in [3.8, 4) is 5.75 Å². The first-order chi connectivity index (χ1) is 9.31. The quantitative estimate of drug-likeness (QED) is 0.787. The molecule has 0 amide bonds. The summed E-state index contributed by atoms with van der Waals surface area (Å²) >= 11 is 5.92. The van der Waals surface area contributed by atoms with Gasteiger partial charge in [0.05, 0.1) is 0 Å². The number of hydrogen-bond donors (Lipinski definition) is 0. The second-order valence-electron chi connectivity index (χ2n) is 4.65. The van der Waals surface area contributed by atoms with E-state index in [1.807, 2.05) is 24.3 Å². The van der Waals surface area contributed by atoms with Crippen molar-refractivity contribution in [2.45, 2.75) is 13.1 Å². The number of rotatable bonds is 2. The van der Waals surface area contributed by atoms with Crippen LogP contribution in [0.25, 0.3) is 0 Å². The highest BCUT2D eigenvalue weighted by Gasteiger charge is 2.14. The molecule has 19 heavy (non-hydrogen) atoms. The molecule has 1 aromatic heterocycles. The van der Waals surface area contributed by atoms with Crippen molar-refractivity contribution in [1.29, 1.82) is 0 Å². The minimum absolute atomic E-state index is 0.545.